The lowest BCUT2D eigenvalue weighted by molar-refractivity contribution is -0.385. The second kappa shape index (κ2) is 12.1. The molecule has 0 atom stereocenters. The van der Waals surface area contributed by atoms with Crippen molar-refractivity contribution < 1.29 is 41.9 Å². The van der Waals surface area contributed by atoms with E-state index < -0.39 is 46.5 Å². The summed E-state index contributed by atoms with van der Waals surface area (Å²) in [4.78, 5) is 35.0. The number of nitro groups is 1. The lowest BCUT2D eigenvalue weighted by Gasteiger charge is -2.10. The first-order valence-electron chi connectivity index (χ1n) is 11.7. The normalized spacial score (nSPS) is 11.0. The molecule has 0 aliphatic carbocycles. The molecule has 0 bridgehead atoms. The molecular formula is C29H20F3NO7. The van der Waals surface area contributed by atoms with Gasteiger partial charge >= 0.3 is 17.8 Å². The molecule has 0 fully saturated rings. The molecule has 0 unspecified atom stereocenters. The quantitative estimate of drug-likeness (QED) is 0.0902. The number of carbonyl (C=O) groups is 2. The summed E-state index contributed by atoms with van der Waals surface area (Å²) in [6.45, 7) is -0.143. The zero-order valence-electron chi connectivity index (χ0n) is 20.6. The van der Waals surface area contributed by atoms with Gasteiger partial charge in [0.05, 0.1) is 16.1 Å². The maximum absolute atomic E-state index is 12.9. The van der Waals surface area contributed by atoms with E-state index in [1.807, 2.05) is 30.3 Å². The van der Waals surface area contributed by atoms with E-state index >= 15 is 0 Å². The molecule has 4 rings (SSSR count). The largest absolute Gasteiger partial charge is 0.489 e. The van der Waals surface area contributed by atoms with Gasteiger partial charge in [0.15, 0.2) is 12.4 Å². The van der Waals surface area contributed by atoms with Gasteiger partial charge in [-0.25, -0.2) is 4.79 Å². The van der Waals surface area contributed by atoms with Crippen LogP contribution in [0.3, 0.4) is 0 Å². The van der Waals surface area contributed by atoms with Crippen molar-refractivity contribution in [1.29, 1.82) is 0 Å². The van der Waals surface area contributed by atoms with Crippen molar-refractivity contribution in [3.63, 3.8) is 0 Å². The smallest absolute Gasteiger partial charge is 0.416 e. The monoisotopic (exact) mass is 551 g/mol. The fourth-order valence-electron chi connectivity index (χ4n) is 3.48. The number of hydrogen-bond acceptors (Lipinski definition) is 7. The van der Waals surface area contributed by atoms with E-state index in [-0.39, 0.29) is 11.3 Å². The van der Waals surface area contributed by atoms with Crippen LogP contribution in [-0.4, -0.2) is 23.3 Å². The molecule has 0 aliphatic heterocycles. The van der Waals surface area contributed by atoms with Crippen LogP contribution in [0.1, 0.15) is 31.8 Å². The molecule has 4 aromatic rings. The molecule has 4 aromatic carbocycles. The molecule has 0 aliphatic rings. The van der Waals surface area contributed by atoms with Gasteiger partial charge in [0.2, 0.25) is 5.75 Å². The predicted octanol–water partition coefficient (Wildman–Crippen LogP) is 7.02. The maximum Gasteiger partial charge on any atom is 0.416 e. The molecule has 0 saturated heterocycles. The molecular weight excluding hydrogens is 531 g/mol. The highest BCUT2D eigenvalue weighted by Gasteiger charge is 2.33. The second-order valence-electron chi connectivity index (χ2n) is 8.36. The number of hydrogen-bond donors (Lipinski definition) is 0. The number of nitro benzene ring substituents is 1. The van der Waals surface area contributed by atoms with Crippen LogP contribution in [0.15, 0.2) is 97.1 Å². The number of Topliss-reactive ketones (excluding diaryl/α,β-unsaturated/α-hetero) is 1. The second-order valence-corrected chi connectivity index (χ2v) is 8.36. The van der Waals surface area contributed by atoms with E-state index in [9.17, 15) is 32.9 Å². The number of carbonyl (C=O) groups excluding carboxylic acids is 2. The van der Waals surface area contributed by atoms with Crippen molar-refractivity contribution in [1.82, 2.24) is 0 Å². The van der Waals surface area contributed by atoms with Gasteiger partial charge in [-0.1, -0.05) is 30.3 Å². The molecule has 0 amide bonds. The van der Waals surface area contributed by atoms with Gasteiger partial charge in [-0.15, -0.1) is 0 Å². The van der Waals surface area contributed by atoms with Gasteiger partial charge in [0.1, 0.15) is 18.1 Å². The summed E-state index contributed by atoms with van der Waals surface area (Å²) in [5.41, 5.74) is -0.678. The molecule has 40 heavy (non-hydrogen) atoms. The number of nitrogens with zero attached hydrogens (tertiary/aromatic N) is 1. The lowest BCUT2D eigenvalue weighted by Crippen LogP contribution is -2.14. The third-order valence-corrected chi connectivity index (χ3v) is 5.56. The van der Waals surface area contributed by atoms with E-state index in [1.54, 1.807) is 24.3 Å². The minimum absolute atomic E-state index is 0.0325. The fourth-order valence-corrected chi connectivity index (χ4v) is 3.48. The highest BCUT2D eigenvalue weighted by molar-refractivity contribution is 5.99. The Hall–Kier alpha value is -5.19. The van der Waals surface area contributed by atoms with Crippen LogP contribution < -0.4 is 9.47 Å². The summed E-state index contributed by atoms with van der Waals surface area (Å²) < 4.78 is 54.8. The van der Waals surface area contributed by atoms with Gasteiger partial charge in [0.25, 0.3) is 0 Å². The van der Waals surface area contributed by atoms with Gasteiger partial charge in [-0.05, 0) is 66.2 Å². The summed E-state index contributed by atoms with van der Waals surface area (Å²) in [5.74, 6) is -1.04. The van der Waals surface area contributed by atoms with Crippen LogP contribution in [0.2, 0.25) is 0 Å². The van der Waals surface area contributed by atoms with Crippen molar-refractivity contribution in [3.05, 3.63) is 129 Å². The van der Waals surface area contributed by atoms with Gasteiger partial charge < -0.3 is 14.2 Å². The van der Waals surface area contributed by atoms with E-state index in [4.69, 9.17) is 14.2 Å². The summed E-state index contributed by atoms with van der Waals surface area (Å²) >= 11 is 0. The first kappa shape index (κ1) is 27.8. The van der Waals surface area contributed by atoms with E-state index in [0.717, 1.165) is 11.6 Å². The van der Waals surface area contributed by atoms with Gasteiger partial charge in [-0.2, -0.15) is 13.2 Å². The van der Waals surface area contributed by atoms with Crippen LogP contribution in [0, 0.1) is 10.1 Å². The lowest BCUT2D eigenvalue weighted by atomic mass is 10.1. The van der Waals surface area contributed by atoms with Crippen LogP contribution in [-0.2, 0) is 17.5 Å². The molecule has 0 spiro atoms. The van der Waals surface area contributed by atoms with Crippen molar-refractivity contribution in [2.45, 2.75) is 12.8 Å². The van der Waals surface area contributed by atoms with E-state index in [1.165, 1.54) is 24.3 Å². The number of ketones is 1. The average Bonchev–Trinajstić information content (AvgIpc) is 2.95. The Balaban J connectivity index is 1.31. The van der Waals surface area contributed by atoms with Crippen molar-refractivity contribution >= 4 is 17.4 Å². The van der Waals surface area contributed by atoms with Crippen molar-refractivity contribution in [2.24, 2.45) is 0 Å². The Morgan fingerprint density at radius 3 is 2.05 bits per heavy atom. The van der Waals surface area contributed by atoms with Crippen LogP contribution >= 0.6 is 0 Å². The minimum Gasteiger partial charge on any atom is -0.489 e. The minimum atomic E-state index is -4.76. The summed E-state index contributed by atoms with van der Waals surface area (Å²) in [6.07, 6.45) is -4.76. The van der Waals surface area contributed by atoms with E-state index in [0.29, 0.717) is 30.1 Å². The maximum atomic E-state index is 12.9. The molecule has 8 nitrogen and oxygen atoms in total. The van der Waals surface area contributed by atoms with Gasteiger partial charge in [0, 0.05) is 11.6 Å². The Labute approximate surface area is 225 Å². The molecule has 0 N–H and O–H groups in total. The molecule has 0 heterocycles. The Kier molecular flexibility index (Phi) is 8.43. The van der Waals surface area contributed by atoms with E-state index in [2.05, 4.69) is 0 Å². The number of benzene rings is 4. The first-order chi connectivity index (χ1) is 19.1. The predicted molar refractivity (Wildman–Crippen MR) is 136 cm³/mol. The molecule has 11 heteroatoms. The number of esters is 1. The zero-order chi connectivity index (χ0) is 28.7. The summed E-state index contributed by atoms with van der Waals surface area (Å²) in [6, 6.07) is 23.0. The highest BCUT2D eigenvalue weighted by atomic mass is 19.4. The van der Waals surface area contributed by atoms with Crippen molar-refractivity contribution in [2.75, 3.05) is 6.61 Å². The SMILES string of the molecule is O=C(COC(=O)c1ccc(Oc2ccc(C(F)(F)F)cc2[N+](=O)[O-])cc1)c1ccc(OCc2ccccc2)cc1. The van der Waals surface area contributed by atoms with Crippen molar-refractivity contribution in [3.8, 4) is 17.2 Å². The molecule has 0 saturated carbocycles. The summed E-state index contributed by atoms with van der Waals surface area (Å²) in [7, 11) is 0. The first-order valence-corrected chi connectivity index (χ1v) is 11.7. The third-order valence-electron chi connectivity index (χ3n) is 5.56. The van der Waals surface area contributed by atoms with Crippen LogP contribution in [0.5, 0.6) is 17.2 Å². The summed E-state index contributed by atoms with van der Waals surface area (Å²) in [5, 5.41) is 11.2. The average molecular weight is 551 g/mol. The van der Waals surface area contributed by atoms with Crippen LogP contribution in [0.25, 0.3) is 0 Å². The van der Waals surface area contributed by atoms with Crippen LogP contribution in [0.4, 0.5) is 18.9 Å². The Morgan fingerprint density at radius 2 is 1.43 bits per heavy atom. The number of ether oxygens (including phenoxy) is 3. The molecule has 0 aromatic heterocycles. The zero-order valence-corrected chi connectivity index (χ0v) is 20.6. The number of alkyl halides is 3. The Morgan fingerprint density at radius 1 is 0.800 bits per heavy atom. The third kappa shape index (κ3) is 7.22. The Bertz CT molecular complexity index is 1500. The molecule has 204 valence electrons. The standard InChI is InChI=1S/C29H20F3NO7/c30-29(31,32)22-10-15-27(25(16-22)33(36)37)40-24-13-8-21(9-14-24)28(35)39-18-26(34)20-6-11-23(12-7-20)38-17-19-4-2-1-3-5-19/h1-16H,17-18H2. The fraction of sp³-hybridized carbons (Fsp3) is 0.103. The van der Waals surface area contributed by atoms with Gasteiger partial charge in [-0.3, -0.25) is 14.9 Å². The highest BCUT2D eigenvalue weighted by Crippen LogP contribution is 2.37. The molecule has 0 radical (unpaired) electrons. The topological polar surface area (TPSA) is 105 Å². The number of rotatable bonds is 10. The number of halogens is 3.